The minimum Gasteiger partial charge on any atom is -0.412 e. The second kappa shape index (κ2) is 5.09. The Morgan fingerprint density at radius 2 is 2.08 bits per heavy atom. The first kappa shape index (κ1) is 14.8. The molecule has 0 rings (SSSR count). The molecule has 0 aromatic carbocycles. The van der Waals surface area contributed by atoms with E-state index in [2.05, 4.69) is 10.9 Å². The lowest BCUT2D eigenvalue weighted by molar-refractivity contribution is -0.121. The lowest BCUT2D eigenvalue weighted by atomic mass is 10.1. The first-order valence-corrected chi connectivity index (χ1v) is 4.22. The summed E-state index contributed by atoms with van der Waals surface area (Å²) in [6.07, 6.45) is 4.64. The summed E-state index contributed by atoms with van der Waals surface area (Å²) in [5.41, 5.74) is -2.28. The zero-order valence-electron chi connectivity index (χ0n) is 6.38. The minimum absolute atomic E-state index is 0. The molecule has 0 bridgehead atoms. The SMILES string of the molecule is C#C[C@](O)(C=O)COP(=O)(O)O.O. The maximum atomic E-state index is 10.1. The fourth-order valence-corrected chi connectivity index (χ4v) is 0.657. The summed E-state index contributed by atoms with van der Waals surface area (Å²) >= 11 is 0. The Morgan fingerprint density at radius 1 is 1.62 bits per heavy atom. The van der Waals surface area contributed by atoms with Crippen LogP contribution in [0.15, 0.2) is 0 Å². The molecule has 0 saturated carbocycles. The van der Waals surface area contributed by atoms with Crippen LogP contribution in [0.2, 0.25) is 0 Å². The molecule has 1 atom stereocenters. The van der Waals surface area contributed by atoms with E-state index in [0.717, 1.165) is 0 Å². The smallest absolute Gasteiger partial charge is 0.412 e. The molecular formula is C5H9O7P. The third-order valence-corrected chi connectivity index (χ3v) is 1.36. The van der Waals surface area contributed by atoms with Crippen LogP contribution in [0.1, 0.15) is 0 Å². The van der Waals surface area contributed by atoms with Gasteiger partial charge in [-0.3, -0.25) is 9.32 Å². The van der Waals surface area contributed by atoms with Gasteiger partial charge >= 0.3 is 7.82 Å². The minimum atomic E-state index is -4.70. The number of aliphatic hydroxyl groups is 1. The average Bonchev–Trinajstić information content (AvgIpc) is 1.99. The van der Waals surface area contributed by atoms with Gasteiger partial charge in [0.2, 0.25) is 5.60 Å². The van der Waals surface area contributed by atoms with Gasteiger partial charge in [-0.2, -0.15) is 0 Å². The van der Waals surface area contributed by atoms with Gasteiger partial charge in [-0.25, -0.2) is 4.57 Å². The Balaban J connectivity index is 0. The molecule has 76 valence electrons. The van der Waals surface area contributed by atoms with E-state index in [4.69, 9.17) is 14.9 Å². The molecule has 0 aromatic heterocycles. The van der Waals surface area contributed by atoms with E-state index in [1.165, 1.54) is 0 Å². The standard InChI is InChI=1S/C5H7O6P.H2O/c1-2-5(7,3-6)4-11-12(8,9)10;/h1,3,7H,4H2,(H2,8,9,10);1H2/t5-;/m0./s1. The van der Waals surface area contributed by atoms with Gasteiger partial charge in [0, 0.05) is 0 Å². The van der Waals surface area contributed by atoms with Gasteiger partial charge < -0.3 is 20.4 Å². The fraction of sp³-hybridized carbons (Fsp3) is 0.400. The first-order chi connectivity index (χ1) is 5.33. The van der Waals surface area contributed by atoms with Crippen molar-refractivity contribution in [3.63, 3.8) is 0 Å². The van der Waals surface area contributed by atoms with Gasteiger partial charge in [0.05, 0.1) is 0 Å². The van der Waals surface area contributed by atoms with Gasteiger partial charge in [-0.15, -0.1) is 6.42 Å². The van der Waals surface area contributed by atoms with Crippen molar-refractivity contribution in [1.29, 1.82) is 0 Å². The van der Waals surface area contributed by atoms with E-state index in [-0.39, 0.29) is 11.8 Å². The molecule has 0 aromatic rings. The van der Waals surface area contributed by atoms with Gasteiger partial charge in [-0.05, 0) is 0 Å². The second-order valence-electron chi connectivity index (χ2n) is 1.95. The van der Waals surface area contributed by atoms with Gasteiger partial charge in [-0.1, -0.05) is 5.92 Å². The van der Waals surface area contributed by atoms with Crippen LogP contribution in [0.3, 0.4) is 0 Å². The number of carbonyl (C=O) groups is 1. The summed E-state index contributed by atoms with van der Waals surface area (Å²) in [7, 11) is -4.70. The van der Waals surface area contributed by atoms with Crippen LogP contribution in [0, 0.1) is 12.3 Å². The normalized spacial score (nSPS) is 14.9. The lowest BCUT2D eigenvalue weighted by Gasteiger charge is -2.14. The van der Waals surface area contributed by atoms with Gasteiger partial charge in [0.25, 0.3) is 0 Å². The van der Waals surface area contributed by atoms with Crippen molar-refractivity contribution < 1.29 is 34.3 Å². The van der Waals surface area contributed by atoms with E-state index in [0.29, 0.717) is 0 Å². The third-order valence-electron chi connectivity index (χ3n) is 0.898. The Hall–Kier alpha value is -0.740. The molecule has 0 saturated heterocycles. The molecule has 0 spiro atoms. The summed E-state index contributed by atoms with van der Waals surface area (Å²) in [6.45, 7) is -0.933. The maximum Gasteiger partial charge on any atom is 0.469 e. The van der Waals surface area contributed by atoms with Crippen molar-refractivity contribution in [3.8, 4) is 12.3 Å². The van der Waals surface area contributed by atoms with Crippen molar-refractivity contribution in [2.24, 2.45) is 0 Å². The molecule has 0 aliphatic carbocycles. The average molecular weight is 212 g/mol. The second-order valence-corrected chi connectivity index (χ2v) is 3.19. The first-order valence-electron chi connectivity index (χ1n) is 2.69. The maximum absolute atomic E-state index is 10.1. The highest BCUT2D eigenvalue weighted by molar-refractivity contribution is 7.46. The molecule has 0 aliphatic heterocycles. The fourth-order valence-electron chi connectivity index (χ4n) is 0.292. The highest BCUT2D eigenvalue weighted by Gasteiger charge is 2.28. The Labute approximate surface area is 73.9 Å². The number of rotatable bonds is 4. The molecule has 0 amide bonds. The molecule has 8 heteroatoms. The highest BCUT2D eigenvalue weighted by atomic mass is 31.2. The van der Waals surface area contributed by atoms with Crippen LogP contribution >= 0.6 is 7.82 Å². The van der Waals surface area contributed by atoms with Crippen LogP contribution in [-0.2, 0) is 13.9 Å². The van der Waals surface area contributed by atoms with E-state index in [9.17, 15) is 9.36 Å². The molecule has 5 N–H and O–H groups in total. The van der Waals surface area contributed by atoms with Crippen molar-refractivity contribution in [1.82, 2.24) is 0 Å². The number of terminal acetylenes is 1. The van der Waals surface area contributed by atoms with Crippen LogP contribution in [0.4, 0.5) is 0 Å². The number of phosphoric acid groups is 1. The number of hydrogen-bond donors (Lipinski definition) is 3. The third kappa shape index (κ3) is 6.42. The lowest BCUT2D eigenvalue weighted by Crippen LogP contribution is -2.33. The van der Waals surface area contributed by atoms with E-state index in [1.54, 1.807) is 5.92 Å². The van der Waals surface area contributed by atoms with Gasteiger partial charge in [0.15, 0.2) is 6.29 Å². The molecule has 0 fully saturated rings. The molecule has 0 heterocycles. The molecule has 0 unspecified atom stereocenters. The summed E-state index contributed by atoms with van der Waals surface area (Å²) in [5, 5.41) is 8.92. The molecule has 7 nitrogen and oxygen atoms in total. The van der Waals surface area contributed by atoms with Crippen molar-refractivity contribution in [3.05, 3.63) is 0 Å². The molecule has 13 heavy (non-hydrogen) atoms. The Morgan fingerprint density at radius 3 is 2.31 bits per heavy atom. The number of phosphoric ester groups is 1. The molecule has 0 radical (unpaired) electrons. The summed E-state index contributed by atoms with van der Waals surface area (Å²) < 4.78 is 13.9. The number of carbonyl (C=O) groups excluding carboxylic acids is 1. The van der Waals surface area contributed by atoms with Crippen molar-refractivity contribution >= 4 is 14.1 Å². The van der Waals surface area contributed by atoms with Crippen molar-refractivity contribution in [2.45, 2.75) is 5.60 Å². The molecular weight excluding hydrogens is 203 g/mol. The van der Waals surface area contributed by atoms with Crippen molar-refractivity contribution in [2.75, 3.05) is 6.61 Å². The Bertz CT molecular complexity index is 250. The summed E-state index contributed by atoms with van der Waals surface area (Å²) in [4.78, 5) is 26.4. The number of hydrogen-bond acceptors (Lipinski definition) is 4. The van der Waals surface area contributed by atoms with Crippen LogP contribution in [0.25, 0.3) is 0 Å². The topological polar surface area (TPSA) is 136 Å². The van der Waals surface area contributed by atoms with Crippen LogP contribution in [-0.4, -0.2) is 38.9 Å². The highest BCUT2D eigenvalue weighted by Crippen LogP contribution is 2.36. The predicted molar refractivity (Wildman–Crippen MR) is 41.5 cm³/mol. The van der Waals surface area contributed by atoms with Crippen LogP contribution < -0.4 is 0 Å². The molecule has 0 aliphatic rings. The largest absolute Gasteiger partial charge is 0.469 e. The van der Waals surface area contributed by atoms with E-state index < -0.39 is 20.0 Å². The Kier molecular flexibility index (Phi) is 5.78. The summed E-state index contributed by atoms with van der Waals surface area (Å²) in [6, 6.07) is 0. The quantitative estimate of drug-likeness (QED) is 0.275. The number of aldehydes is 1. The van der Waals surface area contributed by atoms with E-state index in [1.807, 2.05) is 0 Å². The van der Waals surface area contributed by atoms with Crippen LogP contribution in [0.5, 0.6) is 0 Å². The zero-order chi connectivity index (χ0) is 9.83. The van der Waals surface area contributed by atoms with E-state index >= 15 is 0 Å². The zero-order valence-corrected chi connectivity index (χ0v) is 7.27. The predicted octanol–water partition coefficient (Wildman–Crippen LogP) is -2.17. The summed E-state index contributed by atoms with van der Waals surface area (Å²) in [5.74, 6) is 1.62. The van der Waals surface area contributed by atoms with Gasteiger partial charge in [0.1, 0.15) is 6.61 Å². The monoisotopic (exact) mass is 212 g/mol.